The van der Waals surface area contributed by atoms with Gasteiger partial charge in [-0.2, -0.15) is 0 Å². The first-order chi connectivity index (χ1) is 8.49. The van der Waals surface area contributed by atoms with Crippen LogP contribution in [0.25, 0.3) is 0 Å². The molecule has 5 heteroatoms. The second kappa shape index (κ2) is 5.26. The topological polar surface area (TPSA) is 69.6 Å². The van der Waals surface area contributed by atoms with E-state index in [9.17, 15) is 9.59 Å². The van der Waals surface area contributed by atoms with Gasteiger partial charge < -0.3 is 10.4 Å². The third-order valence-electron chi connectivity index (χ3n) is 4.00. The highest BCUT2D eigenvalue weighted by Crippen LogP contribution is 2.44. The largest absolute Gasteiger partial charge is 0.480 e. The zero-order chi connectivity index (χ0) is 13.3. The Balaban J connectivity index is 1.78. The van der Waals surface area contributed by atoms with E-state index < -0.39 is 12.0 Å². The Labute approximate surface area is 108 Å². The second-order valence-electron chi connectivity index (χ2n) is 5.70. The van der Waals surface area contributed by atoms with Crippen molar-refractivity contribution in [2.45, 2.75) is 44.7 Å². The van der Waals surface area contributed by atoms with Crippen LogP contribution in [0.5, 0.6) is 0 Å². The lowest BCUT2D eigenvalue weighted by Crippen LogP contribution is -2.46. The number of carboxylic acids is 1. The molecular formula is C13H22N2O3. The third-order valence-corrected chi connectivity index (χ3v) is 4.00. The molecule has 2 N–H and O–H groups in total. The fraction of sp³-hybridized carbons (Fsp3) is 0.846. The molecule has 2 fully saturated rings. The number of hydrogen-bond donors (Lipinski definition) is 2. The van der Waals surface area contributed by atoms with Crippen molar-refractivity contribution in [3.8, 4) is 0 Å². The van der Waals surface area contributed by atoms with E-state index in [0.717, 1.165) is 0 Å². The molecule has 2 aliphatic carbocycles. The molecule has 102 valence electrons. The van der Waals surface area contributed by atoms with Crippen LogP contribution in [0, 0.1) is 11.8 Å². The minimum atomic E-state index is -0.897. The van der Waals surface area contributed by atoms with Crippen molar-refractivity contribution in [2.24, 2.45) is 11.8 Å². The van der Waals surface area contributed by atoms with Crippen molar-refractivity contribution in [3.05, 3.63) is 0 Å². The quantitative estimate of drug-likeness (QED) is 0.701. The van der Waals surface area contributed by atoms with E-state index in [1.807, 2.05) is 0 Å². The number of likely N-dealkylation sites (N-methyl/N-ethyl adjacent to an activating group) is 1. The molecule has 2 saturated carbocycles. The van der Waals surface area contributed by atoms with Crippen LogP contribution in [0.3, 0.4) is 0 Å². The maximum Gasteiger partial charge on any atom is 0.320 e. The molecule has 0 radical (unpaired) electrons. The summed E-state index contributed by atoms with van der Waals surface area (Å²) in [5, 5.41) is 12.0. The van der Waals surface area contributed by atoms with Gasteiger partial charge in [0.2, 0.25) is 5.91 Å². The number of hydrogen-bond acceptors (Lipinski definition) is 3. The van der Waals surface area contributed by atoms with Crippen LogP contribution in [0.4, 0.5) is 0 Å². The van der Waals surface area contributed by atoms with Crippen molar-refractivity contribution >= 4 is 11.9 Å². The van der Waals surface area contributed by atoms with Gasteiger partial charge in [0.25, 0.3) is 0 Å². The second-order valence-corrected chi connectivity index (χ2v) is 5.70. The molecule has 0 aromatic heterocycles. The number of carbonyl (C=O) groups excluding carboxylic acids is 1. The molecule has 0 aromatic carbocycles. The molecule has 0 spiro atoms. The molecule has 1 unspecified atom stereocenters. The lowest BCUT2D eigenvalue weighted by atomic mass is 10.1. The van der Waals surface area contributed by atoms with E-state index in [1.165, 1.54) is 25.7 Å². The first-order valence-electron chi connectivity index (χ1n) is 6.71. The van der Waals surface area contributed by atoms with Crippen molar-refractivity contribution in [2.75, 3.05) is 13.6 Å². The van der Waals surface area contributed by atoms with E-state index >= 15 is 0 Å². The van der Waals surface area contributed by atoms with Crippen LogP contribution in [-0.4, -0.2) is 47.6 Å². The molecule has 0 bridgehead atoms. The Kier molecular flexibility index (Phi) is 3.90. The van der Waals surface area contributed by atoms with E-state index in [2.05, 4.69) is 5.32 Å². The number of nitrogens with zero attached hydrogens (tertiary/aromatic N) is 1. The molecule has 1 amide bonds. The van der Waals surface area contributed by atoms with Gasteiger partial charge in [-0.05, 0) is 51.5 Å². The fourth-order valence-corrected chi connectivity index (χ4v) is 2.31. The summed E-state index contributed by atoms with van der Waals surface area (Å²) in [6.45, 7) is 1.75. The monoisotopic (exact) mass is 254 g/mol. The van der Waals surface area contributed by atoms with Gasteiger partial charge in [-0.3, -0.25) is 14.5 Å². The van der Waals surface area contributed by atoms with Gasteiger partial charge in [-0.15, -0.1) is 0 Å². The van der Waals surface area contributed by atoms with Gasteiger partial charge >= 0.3 is 5.97 Å². The van der Waals surface area contributed by atoms with E-state index in [0.29, 0.717) is 17.9 Å². The first-order valence-corrected chi connectivity index (χ1v) is 6.71. The van der Waals surface area contributed by atoms with Gasteiger partial charge in [0.1, 0.15) is 6.04 Å². The van der Waals surface area contributed by atoms with E-state index in [1.54, 1.807) is 18.9 Å². The molecule has 1 atom stereocenters. The van der Waals surface area contributed by atoms with Crippen LogP contribution in [0.1, 0.15) is 32.6 Å². The summed E-state index contributed by atoms with van der Waals surface area (Å²) in [5.41, 5.74) is 0. The molecule has 0 saturated heterocycles. The maximum absolute atomic E-state index is 11.9. The molecule has 5 nitrogen and oxygen atoms in total. The summed E-state index contributed by atoms with van der Waals surface area (Å²) >= 11 is 0. The standard InChI is InChI=1S/C13H22N2O3/c1-8(13(17)18)15(2)7-11(16)14-12(9-3-4-9)10-5-6-10/h8-10,12H,3-7H2,1-2H3,(H,14,16)(H,17,18). The van der Waals surface area contributed by atoms with Gasteiger partial charge in [0, 0.05) is 6.04 Å². The summed E-state index contributed by atoms with van der Waals surface area (Å²) in [5.74, 6) is 0.396. The Hall–Kier alpha value is -1.10. The number of nitrogens with one attached hydrogen (secondary N) is 1. The summed E-state index contributed by atoms with van der Waals surface area (Å²) < 4.78 is 0. The summed E-state index contributed by atoms with van der Waals surface area (Å²) in [6, 6.07) is -0.290. The number of aliphatic carboxylic acids is 1. The molecule has 18 heavy (non-hydrogen) atoms. The predicted octanol–water partition coefficient (Wildman–Crippen LogP) is 0.696. The summed E-state index contributed by atoms with van der Waals surface area (Å²) in [6.07, 6.45) is 4.90. The van der Waals surface area contributed by atoms with Crippen molar-refractivity contribution < 1.29 is 14.7 Å². The molecule has 0 aromatic rings. The van der Waals surface area contributed by atoms with Crippen molar-refractivity contribution in [1.29, 1.82) is 0 Å². The molecule has 0 heterocycles. The Morgan fingerprint density at radius 2 is 1.78 bits per heavy atom. The van der Waals surface area contributed by atoms with Gasteiger partial charge in [-0.1, -0.05) is 0 Å². The normalized spacial score (nSPS) is 21.1. The van der Waals surface area contributed by atoms with Crippen LogP contribution in [-0.2, 0) is 9.59 Å². The Morgan fingerprint density at radius 1 is 1.28 bits per heavy atom. The third kappa shape index (κ3) is 3.45. The van der Waals surface area contributed by atoms with Gasteiger partial charge in [0.15, 0.2) is 0 Å². The number of carbonyl (C=O) groups is 2. The van der Waals surface area contributed by atoms with Crippen LogP contribution < -0.4 is 5.32 Å². The predicted molar refractivity (Wildman–Crippen MR) is 67.1 cm³/mol. The minimum Gasteiger partial charge on any atom is -0.480 e. The Morgan fingerprint density at radius 3 is 2.17 bits per heavy atom. The highest BCUT2D eigenvalue weighted by atomic mass is 16.4. The molecule has 2 rings (SSSR count). The smallest absolute Gasteiger partial charge is 0.320 e. The van der Waals surface area contributed by atoms with Crippen LogP contribution in [0.2, 0.25) is 0 Å². The summed E-state index contributed by atoms with van der Waals surface area (Å²) in [4.78, 5) is 24.3. The molecule has 0 aliphatic heterocycles. The van der Waals surface area contributed by atoms with Crippen molar-refractivity contribution in [3.63, 3.8) is 0 Å². The number of carboxylic acid groups (broad SMARTS) is 1. The number of amides is 1. The first kappa shape index (κ1) is 13.3. The highest BCUT2D eigenvalue weighted by Gasteiger charge is 2.42. The van der Waals surface area contributed by atoms with E-state index in [-0.39, 0.29) is 12.5 Å². The van der Waals surface area contributed by atoms with Crippen LogP contribution in [0.15, 0.2) is 0 Å². The molecule has 2 aliphatic rings. The van der Waals surface area contributed by atoms with Gasteiger partial charge in [0.05, 0.1) is 6.54 Å². The Bertz CT molecular complexity index is 325. The average Bonchev–Trinajstić information content (AvgIpc) is 3.16. The minimum absolute atomic E-state index is 0.0469. The zero-order valence-electron chi connectivity index (χ0n) is 11.1. The molecular weight excluding hydrogens is 232 g/mol. The lowest BCUT2D eigenvalue weighted by molar-refractivity contribution is -0.142. The van der Waals surface area contributed by atoms with Crippen LogP contribution >= 0.6 is 0 Å². The fourth-order valence-electron chi connectivity index (χ4n) is 2.31. The summed E-state index contributed by atoms with van der Waals surface area (Å²) in [7, 11) is 1.67. The number of rotatable bonds is 7. The van der Waals surface area contributed by atoms with E-state index in [4.69, 9.17) is 5.11 Å². The SMILES string of the molecule is CC(C(=O)O)N(C)CC(=O)NC(C1CC1)C1CC1. The average molecular weight is 254 g/mol. The van der Waals surface area contributed by atoms with Gasteiger partial charge in [-0.25, -0.2) is 0 Å². The maximum atomic E-state index is 11.9. The lowest BCUT2D eigenvalue weighted by Gasteiger charge is -2.23. The highest BCUT2D eigenvalue weighted by molar-refractivity contribution is 5.80. The zero-order valence-corrected chi connectivity index (χ0v) is 11.1. The van der Waals surface area contributed by atoms with Crippen molar-refractivity contribution in [1.82, 2.24) is 10.2 Å².